The van der Waals surface area contributed by atoms with E-state index in [0.717, 1.165) is 56.0 Å². The molecule has 0 amide bonds. The first kappa shape index (κ1) is 23.4. The van der Waals surface area contributed by atoms with Gasteiger partial charge in [0.15, 0.2) is 17.3 Å². The van der Waals surface area contributed by atoms with Crippen LogP contribution in [-0.2, 0) is 0 Å². The molecule has 8 nitrogen and oxygen atoms in total. The molecule has 4 aromatic rings. The average Bonchev–Trinajstić information content (AvgIpc) is 2.89. The maximum atomic E-state index is 15.4. The summed E-state index contributed by atoms with van der Waals surface area (Å²) in [4.78, 5) is 29.6. The fourth-order valence-electron chi connectivity index (χ4n) is 5.21. The molecule has 0 atom stereocenters. The number of halogens is 1. The van der Waals surface area contributed by atoms with Crippen molar-refractivity contribution in [1.29, 1.82) is 0 Å². The molecule has 6 rings (SSSR count). The summed E-state index contributed by atoms with van der Waals surface area (Å²) in [7, 11) is 2.12. The highest BCUT2D eigenvalue weighted by Gasteiger charge is 2.28. The van der Waals surface area contributed by atoms with Gasteiger partial charge in [-0.3, -0.25) is 4.79 Å². The van der Waals surface area contributed by atoms with Crippen LogP contribution >= 0.6 is 0 Å². The van der Waals surface area contributed by atoms with Gasteiger partial charge in [-0.25, -0.2) is 9.18 Å². The minimum absolute atomic E-state index is 0.0332. The van der Waals surface area contributed by atoms with Crippen molar-refractivity contribution in [3.63, 3.8) is 0 Å². The Kier molecular flexibility index (Phi) is 5.81. The third-order valence-corrected chi connectivity index (χ3v) is 7.27. The number of hydrogen-bond acceptors (Lipinski definition) is 6. The summed E-state index contributed by atoms with van der Waals surface area (Å²) in [5.41, 5.74) is -0.0620. The number of carbonyl (C=O) groups is 1. The van der Waals surface area contributed by atoms with Gasteiger partial charge in [0, 0.05) is 38.9 Å². The van der Waals surface area contributed by atoms with Gasteiger partial charge in [-0.15, -0.1) is 0 Å². The number of carboxylic acids is 1. The van der Waals surface area contributed by atoms with Crippen molar-refractivity contribution in [3.8, 4) is 17.2 Å². The lowest BCUT2D eigenvalue weighted by Gasteiger charge is -2.32. The number of benzene rings is 3. The van der Waals surface area contributed by atoms with Crippen LogP contribution in [0.5, 0.6) is 11.5 Å². The van der Waals surface area contributed by atoms with Crippen LogP contribution in [0.2, 0.25) is 0 Å². The average molecular weight is 503 g/mol. The largest absolute Gasteiger partial charge is 0.477 e. The van der Waals surface area contributed by atoms with Crippen LogP contribution in [0.4, 0.5) is 10.1 Å². The first-order valence-electron chi connectivity index (χ1n) is 12.4. The molecule has 2 aliphatic heterocycles. The number of hydrogen-bond donors (Lipinski definition) is 2. The van der Waals surface area contributed by atoms with E-state index in [2.05, 4.69) is 22.2 Å². The highest BCUT2D eigenvalue weighted by Crippen LogP contribution is 2.46. The molecule has 9 heteroatoms. The quantitative estimate of drug-likeness (QED) is 0.338. The Morgan fingerprint density at radius 1 is 1.11 bits per heavy atom. The number of aromatic nitrogens is 1. The number of fused-ring (bicyclic) bond motifs is 3. The molecule has 0 unspecified atom stereocenters. The van der Waals surface area contributed by atoms with Crippen LogP contribution in [0.3, 0.4) is 0 Å². The van der Waals surface area contributed by atoms with E-state index in [1.807, 2.05) is 36.4 Å². The lowest BCUT2D eigenvalue weighted by Crippen LogP contribution is -2.44. The summed E-state index contributed by atoms with van der Waals surface area (Å²) in [6.45, 7) is 5.51. The van der Waals surface area contributed by atoms with Gasteiger partial charge in [-0.05, 0) is 49.0 Å². The van der Waals surface area contributed by atoms with Crippen molar-refractivity contribution in [2.24, 2.45) is 0 Å². The van der Waals surface area contributed by atoms with Crippen LogP contribution in [0.1, 0.15) is 16.8 Å². The van der Waals surface area contributed by atoms with E-state index < -0.39 is 22.8 Å². The normalized spacial score (nSPS) is 15.5. The van der Waals surface area contributed by atoms with Gasteiger partial charge in [0.2, 0.25) is 5.43 Å². The monoisotopic (exact) mass is 502 g/mol. The Labute approximate surface area is 212 Å². The lowest BCUT2D eigenvalue weighted by molar-refractivity contribution is 0.0695. The fraction of sp³-hybridized carbons (Fsp3) is 0.286. The number of anilines is 1. The molecular formula is C28H27FN4O4. The number of carboxylic acid groups (broad SMARTS) is 1. The first-order valence-corrected chi connectivity index (χ1v) is 12.4. The summed E-state index contributed by atoms with van der Waals surface area (Å²) in [5.74, 6) is -1.37. The molecule has 1 saturated heterocycles. The fourth-order valence-corrected chi connectivity index (χ4v) is 5.21. The molecule has 0 spiro atoms. The third-order valence-electron chi connectivity index (χ3n) is 7.27. The molecule has 190 valence electrons. The molecule has 3 heterocycles. The maximum Gasteiger partial charge on any atom is 0.341 e. The minimum atomic E-state index is -1.36. The number of rotatable bonds is 6. The summed E-state index contributed by atoms with van der Waals surface area (Å²) in [6, 6.07) is 12.6. The van der Waals surface area contributed by atoms with E-state index in [1.54, 1.807) is 4.57 Å². The van der Waals surface area contributed by atoms with E-state index >= 15 is 4.39 Å². The predicted molar refractivity (Wildman–Crippen MR) is 141 cm³/mol. The Morgan fingerprint density at radius 3 is 2.57 bits per heavy atom. The molecule has 0 radical (unpaired) electrons. The Hall–Kier alpha value is -3.95. The summed E-state index contributed by atoms with van der Waals surface area (Å²) in [5, 5.41) is 14.7. The van der Waals surface area contributed by atoms with E-state index in [1.165, 1.54) is 6.20 Å². The molecule has 2 N–H and O–H groups in total. The molecular weight excluding hydrogens is 475 g/mol. The lowest BCUT2D eigenvalue weighted by atomic mass is 10.0. The zero-order valence-electron chi connectivity index (χ0n) is 20.5. The van der Waals surface area contributed by atoms with Gasteiger partial charge >= 0.3 is 5.97 Å². The summed E-state index contributed by atoms with van der Waals surface area (Å²) >= 11 is 0. The zero-order chi connectivity index (χ0) is 25.7. The van der Waals surface area contributed by atoms with Crippen LogP contribution in [0.15, 0.2) is 53.5 Å². The molecule has 0 aliphatic carbocycles. The Bertz CT molecular complexity index is 1610. The maximum absolute atomic E-state index is 15.4. The van der Waals surface area contributed by atoms with Gasteiger partial charge in [0.25, 0.3) is 0 Å². The topological polar surface area (TPSA) is 87.0 Å². The van der Waals surface area contributed by atoms with Crippen LogP contribution < -0.4 is 15.5 Å². The number of nitrogens with one attached hydrogen (secondary N) is 1. The van der Waals surface area contributed by atoms with Crippen molar-refractivity contribution < 1.29 is 19.0 Å². The standard InChI is InChI=1S/C28H27FN4O4/c1-31-9-11-32(12-10-31)8-4-7-30-24-21(29)15-19-25-27(24)37-23-14-18-6-3-2-5-17(18)13-22(23)33(25)16-20(26(19)34)28(35)36/h2-3,5-6,13-16,30H,4,7-12H2,1H3,(H,35,36). The Balaban J connectivity index is 1.42. The molecule has 0 bridgehead atoms. The molecule has 37 heavy (non-hydrogen) atoms. The van der Waals surface area contributed by atoms with Crippen molar-refractivity contribution >= 4 is 33.3 Å². The van der Waals surface area contributed by atoms with Crippen LogP contribution in [0, 0.1) is 5.82 Å². The molecule has 1 fully saturated rings. The van der Waals surface area contributed by atoms with E-state index in [9.17, 15) is 14.7 Å². The van der Waals surface area contributed by atoms with E-state index in [-0.39, 0.29) is 16.8 Å². The van der Waals surface area contributed by atoms with Gasteiger partial charge < -0.3 is 29.5 Å². The second-order valence-electron chi connectivity index (χ2n) is 9.70. The highest BCUT2D eigenvalue weighted by molar-refractivity contribution is 6.00. The van der Waals surface area contributed by atoms with Gasteiger partial charge in [0.05, 0.1) is 11.1 Å². The number of pyridine rings is 1. The van der Waals surface area contributed by atoms with Crippen LogP contribution in [-0.4, -0.2) is 71.8 Å². The minimum Gasteiger partial charge on any atom is -0.477 e. The molecule has 3 aromatic carbocycles. The number of nitrogens with zero attached hydrogens (tertiary/aromatic N) is 3. The third kappa shape index (κ3) is 4.10. The SMILES string of the molecule is CN1CCN(CCCNc2c(F)cc3c(=O)c(C(=O)O)cn4c3c2Oc2cc3ccccc3cc2-4)CC1. The highest BCUT2D eigenvalue weighted by atomic mass is 19.1. The molecule has 2 aliphatic rings. The van der Waals surface area contributed by atoms with E-state index in [0.29, 0.717) is 23.5 Å². The first-order chi connectivity index (χ1) is 17.9. The van der Waals surface area contributed by atoms with Gasteiger partial charge in [0.1, 0.15) is 16.8 Å². The number of aromatic carboxylic acids is 1. The zero-order valence-corrected chi connectivity index (χ0v) is 20.5. The number of ether oxygens (including phenoxy) is 1. The number of likely N-dealkylation sites (N-methyl/N-ethyl adjacent to an activating group) is 1. The van der Waals surface area contributed by atoms with Crippen LogP contribution in [0.25, 0.3) is 27.4 Å². The van der Waals surface area contributed by atoms with Gasteiger partial charge in [-0.1, -0.05) is 24.3 Å². The molecule has 1 aromatic heterocycles. The van der Waals surface area contributed by atoms with Crippen molar-refractivity contribution in [2.45, 2.75) is 6.42 Å². The summed E-state index contributed by atoms with van der Waals surface area (Å²) in [6.07, 6.45) is 2.12. The van der Waals surface area contributed by atoms with Crippen molar-refractivity contribution in [3.05, 3.63) is 70.3 Å². The second-order valence-corrected chi connectivity index (χ2v) is 9.70. The number of piperazine rings is 1. The smallest absolute Gasteiger partial charge is 0.341 e. The van der Waals surface area contributed by atoms with Crippen molar-refractivity contribution in [2.75, 3.05) is 51.6 Å². The predicted octanol–water partition coefficient (Wildman–Crippen LogP) is 4.14. The van der Waals surface area contributed by atoms with Crippen molar-refractivity contribution in [1.82, 2.24) is 14.4 Å². The second kappa shape index (κ2) is 9.17. The summed E-state index contributed by atoms with van der Waals surface area (Å²) < 4.78 is 23.3. The Morgan fingerprint density at radius 2 is 1.84 bits per heavy atom. The molecule has 0 saturated carbocycles. The van der Waals surface area contributed by atoms with E-state index in [4.69, 9.17) is 4.74 Å². The van der Waals surface area contributed by atoms with Gasteiger partial charge in [-0.2, -0.15) is 0 Å².